The summed E-state index contributed by atoms with van der Waals surface area (Å²) in [6.45, 7) is 5.82. The van der Waals surface area contributed by atoms with E-state index in [9.17, 15) is 13.6 Å². The zero-order chi connectivity index (χ0) is 14.0. The molecule has 4 nitrogen and oxygen atoms in total. The van der Waals surface area contributed by atoms with E-state index in [1.807, 2.05) is 0 Å². The zero-order valence-corrected chi connectivity index (χ0v) is 11.2. The molecule has 2 N–H and O–H groups in total. The highest BCUT2D eigenvalue weighted by molar-refractivity contribution is 5.65. The third kappa shape index (κ3) is 3.80. The number of amides is 1. The minimum absolute atomic E-state index is 0.0768. The maximum Gasteiger partial charge on any atom is 0.407 e. The molecule has 1 rings (SSSR count). The van der Waals surface area contributed by atoms with Gasteiger partial charge in [0, 0.05) is 25.0 Å². The summed E-state index contributed by atoms with van der Waals surface area (Å²) in [4.78, 5) is 12.3. The van der Waals surface area contributed by atoms with Crippen LogP contribution < -0.4 is 5.32 Å². The lowest BCUT2D eigenvalue weighted by Gasteiger charge is -2.33. The van der Waals surface area contributed by atoms with E-state index in [4.69, 9.17) is 5.11 Å². The number of rotatable bonds is 4. The van der Waals surface area contributed by atoms with Gasteiger partial charge in [0.05, 0.1) is 6.04 Å². The van der Waals surface area contributed by atoms with Crippen LogP contribution in [0.1, 0.15) is 40.0 Å². The molecule has 1 atom stereocenters. The second-order valence-corrected chi connectivity index (χ2v) is 5.77. The number of hydrogen-bond donors (Lipinski definition) is 2. The number of hydrogen-bond acceptors (Lipinski definition) is 2. The van der Waals surface area contributed by atoms with E-state index in [2.05, 4.69) is 5.32 Å². The Morgan fingerprint density at radius 3 is 2.50 bits per heavy atom. The van der Waals surface area contributed by atoms with Crippen LogP contribution >= 0.6 is 0 Å². The van der Waals surface area contributed by atoms with Crippen molar-refractivity contribution < 1.29 is 18.7 Å². The first kappa shape index (κ1) is 15.1. The van der Waals surface area contributed by atoms with Crippen molar-refractivity contribution in [3.05, 3.63) is 0 Å². The molecule has 0 aromatic heterocycles. The molecule has 18 heavy (non-hydrogen) atoms. The second-order valence-electron chi connectivity index (χ2n) is 5.77. The molecule has 1 saturated carbocycles. The molecule has 0 saturated heterocycles. The fourth-order valence-electron chi connectivity index (χ4n) is 2.25. The third-order valence-corrected chi connectivity index (χ3v) is 3.28. The molecule has 0 radical (unpaired) electrons. The number of alkyl halides is 2. The van der Waals surface area contributed by atoms with Gasteiger partial charge in [-0.25, -0.2) is 13.6 Å². The molecular formula is C12H22F2N2O2. The van der Waals surface area contributed by atoms with E-state index in [1.54, 1.807) is 20.8 Å². The number of carbonyl (C=O) groups is 1. The summed E-state index contributed by atoms with van der Waals surface area (Å²) < 4.78 is 26.7. The largest absolute Gasteiger partial charge is 0.465 e. The van der Waals surface area contributed by atoms with Crippen molar-refractivity contribution in [2.45, 2.75) is 57.5 Å². The minimum atomic E-state index is -2.66. The fraction of sp³-hybridized carbons (Fsp3) is 0.917. The first-order chi connectivity index (χ1) is 8.14. The summed E-state index contributed by atoms with van der Waals surface area (Å²) >= 11 is 0. The first-order valence-electron chi connectivity index (χ1n) is 6.26. The molecule has 0 heterocycles. The predicted molar refractivity (Wildman–Crippen MR) is 65.1 cm³/mol. The topological polar surface area (TPSA) is 52.6 Å². The van der Waals surface area contributed by atoms with Crippen LogP contribution in [0.15, 0.2) is 0 Å². The van der Waals surface area contributed by atoms with Gasteiger partial charge in [0.2, 0.25) is 0 Å². The lowest BCUT2D eigenvalue weighted by Crippen LogP contribution is -2.50. The van der Waals surface area contributed by atoms with Crippen molar-refractivity contribution in [3.63, 3.8) is 0 Å². The maximum absolute atomic E-state index is 13.3. The van der Waals surface area contributed by atoms with Crippen molar-refractivity contribution in [1.82, 2.24) is 10.2 Å². The van der Waals surface area contributed by atoms with E-state index in [1.165, 1.54) is 4.90 Å². The smallest absolute Gasteiger partial charge is 0.407 e. The van der Waals surface area contributed by atoms with E-state index in [-0.39, 0.29) is 19.5 Å². The van der Waals surface area contributed by atoms with Crippen LogP contribution in [-0.4, -0.2) is 46.7 Å². The molecule has 0 aliphatic heterocycles. The fourth-order valence-corrected chi connectivity index (χ4v) is 2.25. The van der Waals surface area contributed by atoms with Crippen LogP contribution in [0, 0.1) is 0 Å². The quantitative estimate of drug-likeness (QED) is 0.820. The summed E-state index contributed by atoms with van der Waals surface area (Å²) in [6.07, 6.45) is -0.128. The van der Waals surface area contributed by atoms with Crippen LogP contribution in [0.5, 0.6) is 0 Å². The van der Waals surface area contributed by atoms with Gasteiger partial charge in [-0.1, -0.05) is 0 Å². The van der Waals surface area contributed by atoms with Crippen LogP contribution in [0.3, 0.4) is 0 Å². The highest BCUT2D eigenvalue weighted by atomic mass is 19.3. The lowest BCUT2D eigenvalue weighted by molar-refractivity contribution is -0.0185. The minimum Gasteiger partial charge on any atom is -0.465 e. The van der Waals surface area contributed by atoms with Crippen LogP contribution in [0.2, 0.25) is 0 Å². The standard InChI is InChI=1S/C12H22F2N2O2/c1-11(2,3)16(10(17)18)8-7-15-9-5-4-6-12(9,13)14/h9,15H,4-8H2,1-3H3,(H,17,18). The Balaban J connectivity index is 2.43. The van der Waals surface area contributed by atoms with Crippen molar-refractivity contribution in [1.29, 1.82) is 0 Å². The summed E-state index contributed by atoms with van der Waals surface area (Å²) in [6, 6.07) is -0.812. The SMILES string of the molecule is CC(C)(C)N(CCNC1CCCC1(F)F)C(=O)O. The number of nitrogens with one attached hydrogen (secondary N) is 1. The number of carboxylic acid groups (broad SMARTS) is 1. The van der Waals surface area contributed by atoms with Gasteiger partial charge >= 0.3 is 6.09 Å². The summed E-state index contributed by atoms with van der Waals surface area (Å²) in [5.74, 6) is -2.66. The van der Waals surface area contributed by atoms with Gasteiger partial charge < -0.3 is 15.3 Å². The van der Waals surface area contributed by atoms with Crippen LogP contribution in [0.25, 0.3) is 0 Å². The van der Waals surface area contributed by atoms with E-state index < -0.39 is 23.6 Å². The average molecular weight is 264 g/mol. The van der Waals surface area contributed by atoms with Gasteiger partial charge in [-0.05, 0) is 33.6 Å². The monoisotopic (exact) mass is 264 g/mol. The van der Waals surface area contributed by atoms with Crippen molar-refractivity contribution in [2.75, 3.05) is 13.1 Å². The van der Waals surface area contributed by atoms with Crippen molar-refractivity contribution in [2.24, 2.45) is 0 Å². The molecule has 0 bridgehead atoms. The molecule has 1 aliphatic carbocycles. The third-order valence-electron chi connectivity index (χ3n) is 3.28. The Kier molecular flexibility index (Phi) is 4.53. The summed E-state index contributed by atoms with van der Waals surface area (Å²) in [7, 11) is 0. The normalized spacial score (nSPS) is 23.1. The zero-order valence-electron chi connectivity index (χ0n) is 11.2. The number of halogens is 2. The maximum atomic E-state index is 13.3. The molecule has 1 fully saturated rings. The summed E-state index contributed by atoms with van der Waals surface area (Å²) in [5.41, 5.74) is -0.522. The highest BCUT2D eigenvalue weighted by Gasteiger charge is 2.43. The van der Waals surface area contributed by atoms with Crippen LogP contribution in [0.4, 0.5) is 13.6 Å². The second kappa shape index (κ2) is 5.38. The van der Waals surface area contributed by atoms with Crippen LogP contribution in [-0.2, 0) is 0 Å². The van der Waals surface area contributed by atoms with Gasteiger partial charge in [-0.15, -0.1) is 0 Å². The van der Waals surface area contributed by atoms with Gasteiger partial charge in [0.25, 0.3) is 5.92 Å². The molecular weight excluding hydrogens is 242 g/mol. The average Bonchev–Trinajstić information content (AvgIpc) is 2.50. The van der Waals surface area contributed by atoms with E-state index in [0.29, 0.717) is 12.8 Å². The van der Waals surface area contributed by atoms with Crippen molar-refractivity contribution in [3.8, 4) is 0 Å². The van der Waals surface area contributed by atoms with Gasteiger partial charge in [0.1, 0.15) is 0 Å². The molecule has 0 aromatic carbocycles. The Morgan fingerprint density at radius 1 is 1.50 bits per heavy atom. The molecule has 1 unspecified atom stereocenters. The molecule has 0 aromatic rings. The van der Waals surface area contributed by atoms with E-state index in [0.717, 1.165) is 0 Å². The predicted octanol–water partition coefficient (Wildman–Crippen LogP) is 2.54. The first-order valence-corrected chi connectivity index (χ1v) is 6.26. The van der Waals surface area contributed by atoms with Gasteiger partial charge in [0.15, 0.2) is 0 Å². The molecule has 106 valence electrons. The Bertz CT molecular complexity index is 303. The van der Waals surface area contributed by atoms with Crippen molar-refractivity contribution >= 4 is 6.09 Å². The van der Waals surface area contributed by atoms with Gasteiger partial charge in [-0.3, -0.25) is 0 Å². The Labute approximate surface area is 106 Å². The highest BCUT2D eigenvalue weighted by Crippen LogP contribution is 2.34. The Hall–Kier alpha value is -0.910. The van der Waals surface area contributed by atoms with E-state index >= 15 is 0 Å². The molecule has 0 spiro atoms. The Morgan fingerprint density at radius 2 is 2.11 bits per heavy atom. The molecule has 1 amide bonds. The molecule has 1 aliphatic rings. The number of nitrogens with zero attached hydrogens (tertiary/aromatic N) is 1. The molecule has 6 heteroatoms. The van der Waals surface area contributed by atoms with Gasteiger partial charge in [-0.2, -0.15) is 0 Å². The lowest BCUT2D eigenvalue weighted by atomic mass is 10.1. The summed E-state index contributed by atoms with van der Waals surface area (Å²) in [5, 5.41) is 11.8.